The van der Waals surface area contributed by atoms with Crippen molar-refractivity contribution in [2.45, 2.75) is 25.7 Å². The van der Waals surface area contributed by atoms with Crippen molar-refractivity contribution < 1.29 is 9.13 Å². The van der Waals surface area contributed by atoms with Crippen LogP contribution in [0.25, 0.3) is 22.2 Å². The molecule has 0 saturated carbocycles. The van der Waals surface area contributed by atoms with Gasteiger partial charge in [-0.05, 0) is 56.8 Å². The number of hydrogen-bond donors (Lipinski definition) is 1. The van der Waals surface area contributed by atoms with Gasteiger partial charge in [0.15, 0.2) is 0 Å². The quantitative estimate of drug-likeness (QED) is 0.465. The normalized spacial score (nSPS) is 11.3. The van der Waals surface area contributed by atoms with Gasteiger partial charge in [0.05, 0.1) is 12.1 Å². The molecule has 0 spiro atoms. The van der Waals surface area contributed by atoms with Crippen molar-refractivity contribution in [2.24, 2.45) is 7.05 Å². The van der Waals surface area contributed by atoms with Gasteiger partial charge in [0.25, 0.3) is 0 Å². The molecule has 3 aromatic rings. The summed E-state index contributed by atoms with van der Waals surface area (Å²) in [5, 5.41) is 8.57. The monoisotopic (exact) mass is 433 g/mol. The van der Waals surface area contributed by atoms with E-state index in [1.165, 1.54) is 18.9 Å². The summed E-state index contributed by atoms with van der Waals surface area (Å²) in [6, 6.07) is 10.9. The van der Waals surface area contributed by atoms with Crippen LogP contribution in [0.5, 0.6) is 5.75 Å². The standard InChI is InChI=1S/C21H25BrFN3O/c1-24-11-5-3-4-6-12-27-16-8-9-17(19(23)14-16)21-18-13-15(22)7-10-20(18)26(2)25-21/h7-10,13-14,24H,3-6,11-12H2,1-2H3. The third-order valence-corrected chi connectivity index (χ3v) is 5.09. The number of hydrogen-bond acceptors (Lipinski definition) is 3. The van der Waals surface area contributed by atoms with Gasteiger partial charge in [0, 0.05) is 28.5 Å². The SMILES string of the molecule is CNCCCCCCOc1ccc(-c2nn(C)c3ccc(Br)cc23)c(F)c1. The van der Waals surface area contributed by atoms with E-state index in [1.807, 2.05) is 38.4 Å². The highest BCUT2D eigenvalue weighted by Crippen LogP contribution is 2.32. The second-order valence-corrected chi connectivity index (χ2v) is 7.56. The van der Waals surface area contributed by atoms with Gasteiger partial charge in [-0.25, -0.2) is 4.39 Å². The Kier molecular flexibility index (Phi) is 6.85. The van der Waals surface area contributed by atoms with Crippen LogP contribution in [0.4, 0.5) is 4.39 Å². The lowest BCUT2D eigenvalue weighted by atomic mass is 10.1. The molecule has 0 fully saturated rings. The minimum atomic E-state index is -0.318. The van der Waals surface area contributed by atoms with Gasteiger partial charge in [-0.1, -0.05) is 28.8 Å². The zero-order chi connectivity index (χ0) is 19.2. The average Bonchev–Trinajstić information content (AvgIpc) is 2.97. The molecule has 6 heteroatoms. The van der Waals surface area contributed by atoms with Gasteiger partial charge in [0.2, 0.25) is 0 Å². The number of aryl methyl sites for hydroxylation is 1. The van der Waals surface area contributed by atoms with Gasteiger partial charge < -0.3 is 10.1 Å². The zero-order valence-corrected chi connectivity index (χ0v) is 17.4. The maximum absolute atomic E-state index is 14.7. The van der Waals surface area contributed by atoms with E-state index in [0.717, 1.165) is 34.8 Å². The molecule has 3 rings (SSSR count). The summed E-state index contributed by atoms with van der Waals surface area (Å²) in [6.45, 7) is 1.66. The molecule has 27 heavy (non-hydrogen) atoms. The van der Waals surface area contributed by atoms with Gasteiger partial charge in [0.1, 0.15) is 17.3 Å². The molecule has 0 radical (unpaired) electrons. The van der Waals surface area contributed by atoms with Crippen LogP contribution >= 0.6 is 15.9 Å². The van der Waals surface area contributed by atoms with Crippen LogP contribution in [0, 0.1) is 5.82 Å². The van der Waals surface area contributed by atoms with E-state index in [9.17, 15) is 4.39 Å². The third kappa shape index (κ3) is 4.87. The van der Waals surface area contributed by atoms with Crippen molar-refractivity contribution in [1.82, 2.24) is 15.1 Å². The third-order valence-electron chi connectivity index (χ3n) is 4.60. The maximum Gasteiger partial charge on any atom is 0.136 e. The van der Waals surface area contributed by atoms with E-state index >= 15 is 0 Å². The topological polar surface area (TPSA) is 39.1 Å². The number of nitrogens with one attached hydrogen (secondary N) is 1. The second kappa shape index (κ2) is 9.33. The Hall–Kier alpha value is -1.92. The molecular formula is C21H25BrFN3O. The van der Waals surface area contributed by atoms with E-state index < -0.39 is 0 Å². The van der Waals surface area contributed by atoms with Crippen LogP contribution in [0.1, 0.15) is 25.7 Å². The molecule has 1 aromatic heterocycles. The van der Waals surface area contributed by atoms with Crippen molar-refractivity contribution in [3.8, 4) is 17.0 Å². The lowest BCUT2D eigenvalue weighted by Crippen LogP contribution is -2.07. The van der Waals surface area contributed by atoms with Crippen molar-refractivity contribution in [2.75, 3.05) is 20.2 Å². The fourth-order valence-corrected chi connectivity index (χ4v) is 3.52. The maximum atomic E-state index is 14.7. The summed E-state index contributed by atoms with van der Waals surface area (Å²) in [4.78, 5) is 0. The average molecular weight is 434 g/mol. The summed E-state index contributed by atoms with van der Waals surface area (Å²) in [5.41, 5.74) is 2.09. The van der Waals surface area contributed by atoms with E-state index in [0.29, 0.717) is 23.6 Å². The summed E-state index contributed by atoms with van der Waals surface area (Å²) in [5.74, 6) is 0.245. The molecule has 4 nitrogen and oxygen atoms in total. The van der Waals surface area contributed by atoms with Gasteiger partial charge >= 0.3 is 0 Å². The zero-order valence-electron chi connectivity index (χ0n) is 15.8. The fourth-order valence-electron chi connectivity index (χ4n) is 3.16. The first-order chi connectivity index (χ1) is 13.1. The molecule has 0 aliphatic carbocycles. The van der Waals surface area contributed by atoms with Gasteiger partial charge in [-0.15, -0.1) is 0 Å². The number of aromatic nitrogens is 2. The molecule has 1 heterocycles. The molecule has 144 valence electrons. The predicted octanol–water partition coefficient (Wildman–Crippen LogP) is 5.30. The molecular weight excluding hydrogens is 409 g/mol. The number of rotatable bonds is 9. The first kappa shape index (κ1) is 19.8. The van der Waals surface area contributed by atoms with E-state index in [1.54, 1.807) is 10.7 Å². The Morgan fingerprint density at radius 2 is 1.93 bits per heavy atom. The van der Waals surface area contributed by atoms with Crippen molar-refractivity contribution in [3.63, 3.8) is 0 Å². The number of halogens is 2. The lowest BCUT2D eigenvalue weighted by Gasteiger charge is -2.08. The number of fused-ring (bicyclic) bond motifs is 1. The number of ether oxygens (including phenoxy) is 1. The molecule has 0 bridgehead atoms. The number of benzene rings is 2. The Morgan fingerprint density at radius 3 is 2.70 bits per heavy atom. The Balaban J connectivity index is 1.68. The van der Waals surface area contributed by atoms with Crippen LogP contribution < -0.4 is 10.1 Å². The molecule has 0 aliphatic heterocycles. The van der Waals surface area contributed by atoms with Crippen LogP contribution in [0.3, 0.4) is 0 Å². The van der Waals surface area contributed by atoms with Crippen molar-refractivity contribution >= 4 is 26.8 Å². The van der Waals surface area contributed by atoms with Crippen LogP contribution in [-0.4, -0.2) is 30.0 Å². The van der Waals surface area contributed by atoms with Gasteiger partial charge in [-0.3, -0.25) is 4.68 Å². The van der Waals surface area contributed by atoms with E-state index in [-0.39, 0.29) is 5.82 Å². The van der Waals surface area contributed by atoms with E-state index in [2.05, 4.69) is 26.3 Å². The number of nitrogens with zero attached hydrogens (tertiary/aromatic N) is 2. The summed E-state index contributed by atoms with van der Waals surface area (Å²) in [7, 11) is 3.83. The summed E-state index contributed by atoms with van der Waals surface area (Å²) in [6.07, 6.45) is 4.46. The van der Waals surface area contributed by atoms with Crippen LogP contribution in [0.15, 0.2) is 40.9 Å². The number of unbranched alkanes of at least 4 members (excludes halogenated alkanes) is 3. The Morgan fingerprint density at radius 1 is 1.11 bits per heavy atom. The Bertz CT molecular complexity index is 910. The largest absolute Gasteiger partial charge is 0.493 e. The predicted molar refractivity (Wildman–Crippen MR) is 112 cm³/mol. The highest BCUT2D eigenvalue weighted by molar-refractivity contribution is 9.10. The molecule has 0 atom stereocenters. The molecule has 0 aliphatic rings. The fraction of sp³-hybridized carbons (Fsp3) is 0.381. The van der Waals surface area contributed by atoms with Crippen LogP contribution in [0.2, 0.25) is 0 Å². The minimum absolute atomic E-state index is 0.318. The Labute approximate surface area is 167 Å². The molecule has 1 N–H and O–H groups in total. The highest BCUT2D eigenvalue weighted by atomic mass is 79.9. The molecule has 2 aromatic carbocycles. The highest BCUT2D eigenvalue weighted by Gasteiger charge is 2.15. The molecule has 0 unspecified atom stereocenters. The smallest absolute Gasteiger partial charge is 0.136 e. The first-order valence-electron chi connectivity index (χ1n) is 9.29. The van der Waals surface area contributed by atoms with Gasteiger partial charge in [-0.2, -0.15) is 5.10 Å². The first-order valence-corrected chi connectivity index (χ1v) is 10.1. The van der Waals surface area contributed by atoms with Crippen LogP contribution in [-0.2, 0) is 7.05 Å². The second-order valence-electron chi connectivity index (χ2n) is 6.64. The molecule has 0 saturated heterocycles. The summed E-state index contributed by atoms with van der Waals surface area (Å²) >= 11 is 3.48. The van der Waals surface area contributed by atoms with E-state index in [4.69, 9.17) is 4.74 Å². The summed E-state index contributed by atoms with van der Waals surface area (Å²) < 4.78 is 23.2. The minimum Gasteiger partial charge on any atom is -0.493 e. The van der Waals surface area contributed by atoms with Crippen molar-refractivity contribution in [1.29, 1.82) is 0 Å². The van der Waals surface area contributed by atoms with Crippen molar-refractivity contribution in [3.05, 3.63) is 46.7 Å². The molecule has 0 amide bonds. The lowest BCUT2D eigenvalue weighted by molar-refractivity contribution is 0.303.